The number of pyridine rings is 1. The van der Waals surface area contributed by atoms with E-state index in [9.17, 15) is 0 Å². The lowest BCUT2D eigenvalue weighted by atomic mass is 10.2. The number of hydrogen-bond donors (Lipinski definition) is 0. The largest absolute Gasteiger partial charge is 0.243 e. The lowest BCUT2D eigenvalue weighted by Crippen LogP contribution is -1.79. The number of halogens is 2. The zero-order valence-corrected chi connectivity index (χ0v) is 8.43. The van der Waals surface area contributed by atoms with Crippen molar-refractivity contribution in [1.82, 2.24) is 4.98 Å². The van der Waals surface area contributed by atoms with Crippen LogP contribution >= 0.6 is 27.5 Å². The molecule has 0 aliphatic rings. The molecule has 1 heterocycles. The summed E-state index contributed by atoms with van der Waals surface area (Å²) in [6.45, 7) is 0. The van der Waals surface area contributed by atoms with Crippen LogP contribution in [0, 0.1) is 0 Å². The van der Waals surface area contributed by atoms with Gasteiger partial charge in [0.25, 0.3) is 0 Å². The second kappa shape index (κ2) is 3.04. The highest BCUT2D eigenvalue weighted by Gasteiger charge is 2.02. The predicted octanol–water partition coefficient (Wildman–Crippen LogP) is 3.65. The zero-order chi connectivity index (χ0) is 8.55. The summed E-state index contributed by atoms with van der Waals surface area (Å²) in [6, 6.07) is 7.96. The van der Waals surface area contributed by atoms with Crippen molar-refractivity contribution in [3.63, 3.8) is 0 Å². The minimum Gasteiger partial charge on any atom is -0.243 e. The molecule has 12 heavy (non-hydrogen) atoms. The predicted molar refractivity (Wildman–Crippen MR) is 54.5 cm³/mol. The van der Waals surface area contributed by atoms with Crippen LogP contribution in [-0.4, -0.2) is 4.98 Å². The third-order valence-corrected chi connectivity index (χ3v) is 3.01. The van der Waals surface area contributed by atoms with Crippen LogP contribution in [0.3, 0.4) is 0 Å². The molecule has 0 fully saturated rings. The normalized spacial score (nSPS) is 10.5. The van der Waals surface area contributed by atoms with Gasteiger partial charge in [-0.15, -0.1) is 0 Å². The third-order valence-electron chi connectivity index (χ3n) is 1.70. The Morgan fingerprint density at radius 2 is 2.00 bits per heavy atom. The van der Waals surface area contributed by atoms with Crippen LogP contribution in [0.4, 0.5) is 0 Å². The quantitative estimate of drug-likeness (QED) is 0.643. The Bertz CT molecular complexity index is 428. The van der Waals surface area contributed by atoms with E-state index in [1.807, 2.05) is 24.3 Å². The first kappa shape index (κ1) is 8.02. The summed E-state index contributed by atoms with van der Waals surface area (Å²) >= 11 is 9.22. The molecule has 3 heteroatoms. The number of rotatable bonds is 0. The van der Waals surface area contributed by atoms with Gasteiger partial charge in [0.2, 0.25) is 0 Å². The van der Waals surface area contributed by atoms with Crippen LogP contribution < -0.4 is 0 Å². The molecule has 1 aromatic heterocycles. The van der Waals surface area contributed by atoms with Gasteiger partial charge in [-0.2, -0.15) is 0 Å². The van der Waals surface area contributed by atoms with Crippen molar-refractivity contribution in [3.05, 3.63) is 40.1 Å². The molecule has 1 aromatic carbocycles. The highest BCUT2D eigenvalue weighted by atomic mass is 79.9. The standard InChI is InChI=1S/C9H5BrClN/c10-8-7-4-2-1-3-6(7)5-12-9(8)11/h1-5H. The smallest absolute Gasteiger partial charge is 0.143 e. The maximum atomic E-state index is 5.83. The number of aromatic nitrogens is 1. The molecule has 2 aromatic rings. The van der Waals surface area contributed by atoms with Gasteiger partial charge in [0.1, 0.15) is 5.15 Å². The van der Waals surface area contributed by atoms with Gasteiger partial charge in [-0.05, 0) is 15.9 Å². The summed E-state index contributed by atoms with van der Waals surface area (Å²) in [5.41, 5.74) is 0. The highest BCUT2D eigenvalue weighted by molar-refractivity contribution is 9.10. The van der Waals surface area contributed by atoms with E-state index in [0.717, 1.165) is 15.2 Å². The van der Waals surface area contributed by atoms with Crippen molar-refractivity contribution in [1.29, 1.82) is 0 Å². The van der Waals surface area contributed by atoms with Crippen LogP contribution in [-0.2, 0) is 0 Å². The monoisotopic (exact) mass is 241 g/mol. The van der Waals surface area contributed by atoms with Crippen LogP contribution in [0.2, 0.25) is 5.15 Å². The fraction of sp³-hybridized carbons (Fsp3) is 0. The Hall–Kier alpha value is -0.600. The minimum atomic E-state index is 0.508. The summed E-state index contributed by atoms with van der Waals surface area (Å²) in [5.74, 6) is 0. The molecule has 1 nitrogen and oxygen atoms in total. The SMILES string of the molecule is Clc1ncc2ccccc2c1Br. The van der Waals surface area contributed by atoms with Crippen molar-refractivity contribution in [2.45, 2.75) is 0 Å². The molecule has 0 spiro atoms. The van der Waals surface area contributed by atoms with E-state index in [2.05, 4.69) is 20.9 Å². The summed E-state index contributed by atoms with van der Waals surface area (Å²) in [5, 5.41) is 2.69. The lowest BCUT2D eigenvalue weighted by molar-refractivity contribution is 1.35. The van der Waals surface area contributed by atoms with Gasteiger partial charge in [0, 0.05) is 17.0 Å². The van der Waals surface area contributed by atoms with Crippen molar-refractivity contribution in [2.24, 2.45) is 0 Å². The fourth-order valence-electron chi connectivity index (χ4n) is 1.10. The Kier molecular flexibility index (Phi) is 2.03. The first-order valence-corrected chi connectivity index (χ1v) is 4.65. The molecule has 0 saturated heterocycles. The van der Waals surface area contributed by atoms with E-state index in [4.69, 9.17) is 11.6 Å². The fourth-order valence-corrected chi connectivity index (χ4v) is 1.72. The minimum absolute atomic E-state index is 0.508. The van der Waals surface area contributed by atoms with Crippen LogP contribution in [0.1, 0.15) is 0 Å². The van der Waals surface area contributed by atoms with Gasteiger partial charge in [-0.3, -0.25) is 0 Å². The second-order valence-electron chi connectivity index (χ2n) is 2.45. The third kappa shape index (κ3) is 1.21. The Labute approximate surface area is 83.5 Å². The molecule has 0 aliphatic carbocycles. The summed E-state index contributed by atoms with van der Waals surface area (Å²) in [6.07, 6.45) is 1.77. The maximum Gasteiger partial charge on any atom is 0.143 e. The molecule has 0 aliphatic heterocycles. The van der Waals surface area contributed by atoms with E-state index < -0.39 is 0 Å². The molecule has 0 amide bonds. The number of benzene rings is 1. The summed E-state index contributed by atoms with van der Waals surface area (Å²) in [7, 11) is 0. The van der Waals surface area contributed by atoms with Gasteiger partial charge in [-0.1, -0.05) is 35.9 Å². The molecule has 0 N–H and O–H groups in total. The van der Waals surface area contributed by atoms with Crippen LogP contribution in [0.25, 0.3) is 10.8 Å². The van der Waals surface area contributed by atoms with Gasteiger partial charge in [0.15, 0.2) is 0 Å². The summed E-state index contributed by atoms with van der Waals surface area (Å²) in [4.78, 5) is 4.03. The highest BCUT2D eigenvalue weighted by Crippen LogP contribution is 2.28. The van der Waals surface area contributed by atoms with Crippen molar-refractivity contribution >= 4 is 38.3 Å². The molecular weight excluding hydrogens is 237 g/mol. The van der Waals surface area contributed by atoms with Crippen molar-refractivity contribution in [3.8, 4) is 0 Å². The first-order valence-electron chi connectivity index (χ1n) is 3.48. The summed E-state index contributed by atoms with van der Waals surface area (Å²) < 4.78 is 0.863. The zero-order valence-electron chi connectivity index (χ0n) is 6.09. The van der Waals surface area contributed by atoms with Crippen molar-refractivity contribution < 1.29 is 0 Å². The second-order valence-corrected chi connectivity index (χ2v) is 3.60. The van der Waals surface area contributed by atoms with E-state index in [-0.39, 0.29) is 0 Å². The van der Waals surface area contributed by atoms with Gasteiger partial charge in [-0.25, -0.2) is 4.98 Å². The molecule has 2 rings (SSSR count). The van der Waals surface area contributed by atoms with Crippen molar-refractivity contribution in [2.75, 3.05) is 0 Å². The van der Waals surface area contributed by atoms with E-state index >= 15 is 0 Å². The molecule has 0 atom stereocenters. The lowest BCUT2D eigenvalue weighted by Gasteiger charge is -2.00. The topological polar surface area (TPSA) is 12.9 Å². The van der Waals surface area contributed by atoms with E-state index in [1.54, 1.807) is 6.20 Å². The number of fused-ring (bicyclic) bond motifs is 1. The molecular formula is C9H5BrClN. The molecule has 0 bridgehead atoms. The van der Waals surface area contributed by atoms with Crippen LogP contribution in [0.15, 0.2) is 34.9 Å². The number of hydrogen-bond acceptors (Lipinski definition) is 1. The molecule has 0 saturated carbocycles. The van der Waals surface area contributed by atoms with Gasteiger partial charge < -0.3 is 0 Å². The first-order chi connectivity index (χ1) is 5.79. The van der Waals surface area contributed by atoms with Gasteiger partial charge >= 0.3 is 0 Å². The maximum absolute atomic E-state index is 5.83. The average Bonchev–Trinajstić information content (AvgIpc) is 2.12. The van der Waals surface area contributed by atoms with E-state index in [1.165, 1.54) is 0 Å². The van der Waals surface area contributed by atoms with E-state index in [0.29, 0.717) is 5.15 Å². The number of nitrogens with zero attached hydrogens (tertiary/aromatic N) is 1. The molecule has 60 valence electrons. The Balaban J connectivity index is 2.91. The average molecular weight is 243 g/mol. The Morgan fingerprint density at radius 1 is 1.25 bits per heavy atom. The van der Waals surface area contributed by atoms with Gasteiger partial charge in [0.05, 0.1) is 4.47 Å². The van der Waals surface area contributed by atoms with Crippen LogP contribution in [0.5, 0.6) is 0 Å². The molecule has 0 radical (unpaired) electrons. The Morgan fingerprint density at radius 3 is 2.83 bits per heavy atom. The molecule has 0 unspecified atom stereocenters.